The minimum absolute atomic E-state index is 0.323. The first-order chi connectivity index (χ1) is 12.5. The first-order valence-electron chi connectivity index (χ1n) is 8.38. The molecule has 6 heteroatoms. The Morgan fingerprint density at radius 2 is 2.04 bits per heavy atom. The number of hydrogen-bond acceptors (Lipinski definition) is 5. The van der Waals surface area contributed by atoms with Crippen LogP contribution in [0, 0.1) is 25.7 Å². The average molecular weight is 373 g/mol. The fraction of sp³-hybridized carbons (Fsp3) is 0.400. The van der Waals surface area contributed by atoms with Gasteiger partial charge in [-0.2, -0.15) is 0 Å². The van der Waals surface area contributed by atoms with Gasteiger partial charge in [-0.1, -0.05) is 29.5 Å². The summed E-state index contributed by atoms with van der Waals surface area (Å²) >= 11 is 1.30. The van der Waals surface area contributed by atoms with Gasteiger partial charge in [0.05, 0.1) is 18.1 Å². The Balaban J connectivity index is 1.73. The van der Waals surface area contributed by atoms with Crippen molar-refractivity contribution in [2.45, 2.75) is 32.4 Å². The normalized spacial score (nSPS) is 11.7. The third-order valence-electron chi connectivity index (χ3n) is 3.73. The summed E-state index contributed by atoms with van der Waals surface area (Å²) in [6.45, 7) is 6.43. The molecule has 0 saturated heterocycles. The summed E-state index contributed by atoms with van der Waals surface area (Å²) in [7, 11) is 0. The van der Waals surface area contributed by atoms with Crippen LogP contribution in [-0.2, 0) is 16.0 Å². The highest BCUT2D eigenvalue weighted by molar-refractivity contribution is 8.00. The number of aryl methyl sites for hydroxylation is 2. The van der Waals surface area contributed by atoms with E-state index in [1.807, 2.05) is 38.1 Å². The summed E-state index contributed by atoms with van der Waals surface area (Å²) in [6, 6.07) is 8.07. The minimum atomic E-state index is -0.818. The molecule has 1 aromatic carbocycles. The van der Waals surface area contributed by atoms with Crippen LogP contribution >= 0.6 is 11.8 Å². The first-order valence-corrected chi connectivity index (χ1v) is 9.43. The van der Waals surface area contributed by atoms with Crippen molar-refractivity contribution in [1.82, 2.24) is 4.98 Å². The molecule has 2 aromatic rings. The van der Waals surface area contributed by atoms with Crippen molar-refractivity contribution in [3.63, 3.8) is 0 Å². The fourth-order valence-corrected chi connectivity index (χ4v) is 2.69. The number of thioether (sulfide) groups is 1. The number of oxazole rings is 1. The molecule has 0 saturated carbocycles. The molecule has 5 nitrogen and oxygen atoms in total. The van der Waals surface area contributed by atoms with Gasteiger partial charge in [0, 0.05) is 12.0 Å². The molecular formula is C20H23NO4S. The van der Waals surface area contributed by atoms with Crippen LogP contribution in [0.15, 0.2) is 28.7 Å². The number of aromatic nitrogens is 1. The maximum absolute atomic E-state index is 10.7. The van der Waals surface area contributed by atoms with E-state index in [1.165, 1.54) is 17.3 Å². The second-order valence-electron chi connectivity index (χ2n) is 5.84. The predicted molar refractivity (Wildman–Crippen MR) is 103 cm³/mol. The highest BCUT2D eigenvalue weighted by atomic mass is 32.2. The Kier molecular flexibility index (Phi) is 7.76. The number of carboxylic acid groups (broad SMARTS) is 1. The molecule has 0 fully saturated rings. The maximum Gasteiger partial charge on any atom is 0.316 e. The van der Waals surface area contributed by atoms with Crippen molar-refractivity contribution in [3.8, 4) is 23.3 Å². The minimum Gasteiger partial charge on any atom is -0.480 e. The summed E-state index contributed by atoms with van der Waals surface area (Å²) in [5.41, 5.74) is 3.05. The smallest absolute Gasteiger partial charge is 0.316 e. The molecule has 26 heavy (non-hydrogen) atoms. The van der Waals surface area contributed by atoms with Gasteiger partial charge in [0.15, 0.2) is 0 Å². The summed E-state index contributed by atoms with van der Waals surface area (Å²) < 4.78 is 11.2. The zero-order chi connectivity index (χ0) is 18.9. The van der Waals surface area contributed by atoms with Gasteiger partial charge in [-0.15, -0.1) is 11.8 Å². The summed E-state index contributed by atoms with van der Waals surface area (Å²) in [5, 5.41) is 8.32. The molecule has 0 amide bonds. The first kappa shape index (κ1) is 20.1. The molecule has 0 aliphatic carbocycles. The SMILES string of the molecule is Cc1ccc(-c2nc(CCOCC#CCS[C@@H](C)C(=O)O)c(C)o2)cc1. The molecule has 0 unspecified atom stereocenters. The Labute approximate surface area is 158 Å². The number of rotatable bonds is 8. The van der Waals surface area contributed by atoms with Crippen molar-refractivity contribution in [1.29, 1.82) is 0 Å². The molecule has 2 rings (SSSR count). The molecular weight excluding hydrogens is 350 g/mol. The van der Waals surface area contributed by atoms with Crippen molar-refractivity contribution >= 4 is 17.7 Å². The second-order valence-corrected chi connectivity index (χ2v) is 7.16. The van der Waals surface area contributed by atoms with Crippen LogP contribution in [0.5, 0.6) is 0 Å². The Morgan fingerprint density at radius 3 is 2.73 bits per heavy atom. The topological polar surface area (TPSA) is 72.6 Å². The van der Waals surface area contributed by atoms with E-state index in [9.17, 15) is 4.79 Å². The van der Waals surface area contributed by atoms with Gasteiger partial charge in [-0.05, 0) is 32.9 Å². The number of nitrogens with zero attached hydrogens (tertiary/aromatic N) is 1. The van der Waals surface area contributed by atoms with E-state index in [2.05, 4.69) is 16.8 Å². The summed E-state index contributed by atoms with van der Waals surface area (Å²) in [4.78, 5) is 15.2. The number of benzene rings is 1. The predicted octanol–water partition coefficient (Wildman–Crippen LogP) is 3.73. The van der Waals surface area contributed by atoms with Gasteiger partial charge in [0.2, 0.25) is 5.89 Å². The lowest BCUT2D eigenvalue weighted by Crippen LogP contribution is -2.11. The fourth-order valence-electron chi connectivity index (χ4n) is 2.11. The third-order valence-corrected chi connectivity index (χ3v) is 4.74. The van der Waals surface area contributed by atoms with Crippen LogP contribution < -0.4 is 0 Å². The van der Waals surface area contributed by atoms with Crippen LogP contribution in [0.3, 0.4) is 0 Å². The van der Waals surface area contributed by atoms with E-state index < -0.39 is 11.2 Å². The molecule has 138 valence electrons. The summed E-state index contributed by atoms with van der Waals surface area (Å²) in [6.07, 6.45) is 0.660. The second kappa shape index (κ2) is 10.0. The number of ether oxygens (including phenoxy) is 1. The maximum atomic E-state index is 10.7. The molecule has 0 aliphatic rings. The Hall–Kier alpha value is -2.23. The van der Waals surface area contributed by atoms with E-state index in [4.69, 9.17) is 14.3 Å². The van der Waals surface area contributed by atoms with E-state index in [0.717, 1.165) is 17.0 Å². The Morgan fingerprint density at radius 1 is 1.31 bits per heavy atom. The van der Waals surface area contributed by atoms with E-state index in [0.29, 0.717) is 31.3 Å². The standard InChI is InChI=1S/C20H23NO4S/c1-14-6-8-17(9-7-14)19-21-18(15(2)25-19)10-12-24-11-4-5-13-26-16(3)20(22)23/h6-9,16H,10-13H2,1-3H3,(H,22,23)/t16-/m0/s1. The highest BCUT2D eigenvalue weighted by Gasteiger charge is 2.11. The van der Waals surface area contributed by atoms with Gasteiger partial charge in [-0.3, -0.25) is 4.79 Å². The van der Waals surface area contributed by atoms with Gasteiger partial charge >= 0.3 is 5.97 Å². The van der Waals surface area contributed by atoms with Gasteiger partial charge < -0.3 is 14.3 Å². The highest BCUT2D eigenvalue weighted by Crippen LogP contribution is 2.22. The van der Waals surface area contributed by atoms with Crippen LogP contribution in [0.2, 0.25) is 0 Å². The van der Waals surface area contributed by atoms with E-state index in [1.54, 1.807) is 6.92 Å². The lowest BCUT2D eigenvalue weighted by Gasteiger charge is -2.00. The van der Waals surface area contributed by atoms with Crippen molar-refractivity contribution in [2.24, 2.45) is 0 Å². The number of carboxylic acids is 1. The lowest BCUT2D eigenvalue weighted by molar-refractivity contribution is -0.136. The zero-order valence-electron chi connectivity index (χ0n) is 15.2. The van der Waals surface area contributed by atoms with Crippen LogP contribution in [0.1, 0.15) is 23.9 Å². The van der Waals surface area contributed by atoms with Crippen molar-refractivity contribution in [3.05, 3.63) is 41.3 Å². The molecule has 1 atom stereocenters. The summed E-state index contributed by atoms with van der Waals surface area (Å²) in [5.74, 6) is 6.88. The zero-order valence-corrected chi connectivity index (χ0v) is 16.1. The monoisotopic (exact) mass is 373 g/mol. The van der Waals surface area contributed by atoms with Crippen LogP contribution in [0.25, 0.3) is 11.5 Å². The lowest BCUT2D eigenvalue weighted by atomic mass is 10.1. The van der Waals surface area contributed by atoms with Crippen molar-refractivity contribution < 1.29 is 19.1 Å². The number of carbonyl (C=O) groups is 1. The average Bonchev–Trinajstić information content (AvgIpc) is 2.98. The molecule has 1 N–H and O–H groups in total. The molecule has 0 spiro atoms. The molecule has 1 heterocycles. The number of hydrogen-bond donors (Lipinski definition) is 1. The van der Waals surface area contributed by atoms with Gasteiger partial charge in [-0.25, -0.2) is 4.98 Å². The van der Waals surface area contributed by atoms with Gasteiger partial charge in [0.25, 0.3) is 0 Å². The van der Waals surface area contributed by atoms with Crippen LogP contribution in [-0.4, -0.2) is 40.3 Å². The van der Waals surface area contributed by atoms with E-state index in [-0.39, 0.29) is 0 Å². The Bertz CT molecular complexity index is 786. The molecule has 1 aromatic heterocycles. The number of aliphatic carboxylic acids is 1. The molecule has 0 bridgehead atoms. The van der Waals surface area contributed by atoms with Crippen LogP contribution in [0.4, 0.5) is 0 Å². The van der Waals surface area contributed by atoms with E-state index >= 15 is 0 Å². The quantitative estimate of drug-likeness (QED) is 0.561. The largest absolute Gasteiger partial charge is 0.480 e. The third kappa shape index (κ3) is 6.25. The van der Waals surface area contributed by atoms with Gasteiger partial charge in [0.1, 0.15) is 17.6 Å². The molecule has 0 aliphatic heterocycles. The van der Waals surface area contributed by atoms with Crippen molar-refractivity contribution in [2.75, 3.05) is 19.0 Å². The molecule has 0 radical (unpaired) electrons.